The highest BCUT2D eigenvalue weighted by Gasteiger charge is 2.23. The largest absolute Gasteiger partial charge is 0.369 e. The Labute approximate surface area is 184 Å². The summed E-state index contributed by atoms with van der Waals surface area (Å²) in [6, 6.07) is 18.8. The van der Waals surface area contributed by atoms with Crippen LogP contribution in [0.1, 0.15) is 30.0 Å². The van der Waals surface area contributed by atoms with Gasteiger partial charge in [-0.2, -0.15) is 5.26 Å². The molecule has 6 heteroatoms. The van der Waals surface area contributed by atoms with Crippen molar-refractivity contribution in [1.82, 2.24) is 10.6 Å². The Hall–Kier alpha value is -2.27. The number of rotatable bonds is 5. The van der Waals surface area contributed by atoms with Crippen LogP contribution < -0.4 is 15.5 Å². The fourth-order valence-corrected chi connectivity index (χ4v) is 3.24. The van der Waals surface area contributed by atoms with E-state index in [2.05, 4.69) is 59.7 Å². The van der Waals surface area contributed by atoms with Gasteiger partial charge in [-0.15, -0.1) is 24.0 Å². The lowest BCUT2D eigenvalue weighted by atomic mass is 10.1. The number of benzene rings is 2. The van der Waals surface area contributed by atoms with Gasteiger partial charge in [-0.05, 0) is 50.1 Å². The zero-order valence-corrected chi connectivity index (χ0v) is 18.8. The van der Waals surface area contributed by atoms with Gasteiger partial charge in [0.2, 0.25) is 0 Å². The van der Waals surface area contributed by atoms with Crippen LogP contribution in [-0.2, 0) is 6.54 Å². The van der Waals surface area contributed by atoms with E-state index in [0.29, 0.717) is 18.2 Å². The Kier molecular flexibility index (Phi) is 8.58. The van der Waals surface area contributed by atoms with Crippen molar-refractivity contribution >= 4 is 35.6 Å². The van der Waals surface area contributed by atoms with E-state index in [4.69, 9.17) is 10.3 Å². The first-order chi connectivity index (χ1) is 13.2. The standard InChI is InChI=1S/C22H27N5.HI/c1-3-24-22(25-15-19-8-6-18(14-23)7-9-19)26-20-12-13-27(16-20)21-10-4-17(2)5-11-21;/h4-11,20H,3,12-13,15-16H2,1-2H3,(H2,24,25,26);1H. The molecule has 0 radical (unpaired) electrons. The third kappa shape index (κ3) is 6.13. The maximum absolute atomic E-state index is 8.89. The zero-order valence-electron chi connectivity index (χ0n) is 16.5. The second-order valence-electron chi connectivity index (χ2n) is 6.92. The second kappa shape index (κ2) is 10.9. The van der Waals surface area contributed by atoms with E-state index in [9.17, 15) is 0 Å². The number of nitrogens with one attached hydrogen (secondary N) is 2. The molecule has 1 heterocycles. The maximum Gasteiger partial charge on any atom is 0.191 e. The molecule has 1 unspecified atom stereocenters. The molecule has 0 amide bonds. The molecule has 1 aliphatic rings. The van der Waals surface area contributed by atoms with Gasteiger partial charge < -0.3 is 15.5 Å². The highest BCUT2D eigenvalue weighted by molar-refractivity contribution is 14.0. The molecule has 1 saturated heterocycles. The second-order valence-corrected chi connectivity index (χ2v) is 6.92. The number of anilines is 1. The van der Waals surface area contributed by atoms with Crippen LogP contribution in [0.4, 0.5) is 5.69 Å². The molecule has 3 rings (SSSR count). The fraction of sp³-hybridized carbons (Fsp3) is 0.364. The number of halogens is 1. The van der Waals surface area contributed by atoms with Crippen molar-refractivity contribution in [1.29, 1.82) is 5.26 Å². The van der Waals surface area contributed by atoms with Crippen LogP contribution in [0.3, 0.4) is 0 Å². The Morgan fingerprint density at radius 2 is 1.89 bits per heavy atom. The minimum absolute atomic E-state index is 0. The predicted octanol–water partition coefficient (Wildman–Crippen LogP) is 3.82. The summed E-state index contributed by atoms with van der Waals surface area (Å²) in [5.41, 5.74) is 4.34. The molecule has 1 fully saturated rings. The third-order valence-electron chi connectivity index (χ3n) is 4.78. The molecule has 1 atom stereocenters. The Balaban J connectivity index is 0.00000280. The summed E-state index contributed by atoms with van der Waals surface area (Å²) >= 11 is 0. The molecule has 148 valence electrons. The van der Waals surface area contributed by atoms with Gasteiger partial charge in [-0.25, -0.2) is 4.99 Å². The maximum atomic E-state index is 8.89. The van der Waals surface area contributed by atoms with Gasteiger partial charge in [-0.3, -0.25) is 0 Å². The zero-order chi connectivity index (χ0) is 19.1. The normalized spacial score (nSPS) is 16.2. The van der Waals surface area contributed by atoms with Crippen molar-refractivity contribution in [2.45, 2.75) is 32.9 Å². The summed E-state index contributed by atoms with van der Waals surface area (Å²) < 4.78 is 0. The lowest BCUT2D eigenvalue weighted by Crippen LogP contribution is -2.44. The van der Waals surface area contributed by atoms with E-state index in [0.717, 1.165) is 37.6 Å². The van der Waals surface area contributed by atoms with Crippen LogP contribution in [0, 0.1) is 18.3 Å². The summed E-state index contributed by atoms with van der Waals surface area (Å²) in [6.45, 7) is 7.64. The van der Waals surface area contributed by atoms with Crippen molar-refractivity contribution < 1.29 is 0 Å². The number of hydrogen-bond acceptors (Lipinski definition) is 3. The molecular weight excluding hydrogens is 461 g/mol. The molecule has 0 saturated carbocycles. The number of aliphatic imine (C=N–C) groups is 1. The summed E-state index contributed by atoms with van der Waals surface area (Å²) in [6.07, 6.45) is 1.09. The molecule has 28 heavy (non-hydrogen) atoms. The van der Waals surface area contributed by atoms with Crippen molar-refractivity contribution in [3.63, 3.8) is 0 Å². The minimum atomic E-state index is 0. The average molecular weight is 489 g/mol. The molecule has 2 aromatic rings. The Morgan fingerprint density at radius 1 is 1.18 bits per heavy atom. The van der Waals surface area contributed by atoms with Gasteiger partial charge in [0.05, 0.1) is 18.2 Å². The van der Waals surface area contributed by atoms with Crippen molar-refractivity contribution in [3.8, 4) is 6.07 Å². The van der Waals surface area contributed by atoms with Crippen LogP contribution in [0.2, 0.25) is 0 Å². The van der Waals surface area contributed by atoms with Gasteiger partial charge in [0, 0.05) is 31.4 Å². The fourth-order valence-electron chi connectivity index (χ4n) is 3.24. The van der Waals surface area contributed by atoms with Crippen molar-refractivity contribution in [2.24, 2.45) is 4.99 Å². The first-order valence-corrected chi connectivity index (χ1v) is 9.53. The summed E-state index contributed by atoms with van der Waals surface area (Å²) in [5.74, 6) is 0.845. The number of guanidine groups is 1. The van der Waals surface area contributed by atoms with Crippen LogP contribution in [0.25, 0.3) is 0 Å². The van der Waals surface area contributed by atoms with Gasteiger partial charge in [-0.1, -0.05) is 29.8 Å². The smallest absolute Gasteiger partial charge is 0.191 e. The van der Waals surface area contributed by atoms with Crippen LogP contribution in [-0.4, -0.2) is 31.6 Å². The number of aryl methyl sites for hydroxylation is 1. The minimum Gasteiger partial charge on any atom is -0.369 e. The molecule has 0 spiro atoms. The van der Waals surface area contributed by atoms with E-state index in [1.807, 2.05) is 24.3 Å². The highest BCUT2D eigenvalue weighted by atomic mass is 127. The monoisotopic (exact) mass is 489 g/mol. The van der Waals surface area contributed by atoms with E-state index in [1.165, 1.54) is 11.3 Å². The third-order valence-corrected chi connectivity index (χ3v) is 4.78. The quantitative estimate of drug-likeness (QED) is 0.381. The predicted molar refractivity (Wildman–Crippen MR) is 126 cm³/mol. The molecule has 0 aromatic heterocycles. The number of nitriles is 1. The SMILES string of the molecule is CCNC(=NCc1ccc(C#N)cc1)NC1CCN(c2ccc(C)cc2)C1.I. The Morgan fingerprint density at radius 3 is 2.54 bits per heavy atom. The Bertz CT molecular complexity index is 808. The lowest BCUT2D eigenvalue weighted by Gasteiger charge is -2.20. The number of nitrogens with zero attached hydrogens (tertiary/aromatic N) is 3. The van der Waals surface area contributed by atoms with E-state index in [1.54, 1.807) is 0 Å². The molecule has 1 aliphatic heterocycles. The van der Waals surface area contributed by atoms with Crippen LogP contribution >= 0.6 is 24.0 Å². The summed E-state index contributed by atoms with van der Waals surface area (Å²) in [5, 5.41) is 15.8. The van der Waals surface area contributed by atoms with Gasteiger partial charge in [0.25, 0.3) is 0 Å². The van der Waals surface area contributed by atoms with Crippen molar-refractivity contribution in [2.75, 3.05) is 24.5 Å². The van der Waals surface area contributed by atoms with E-state index < -0.39 is 0 Å². The first-order valence-electron chi connectivity index (χ1n) is 9.53. The molecule has 2 N–H and O–H groups in total. The van der Waals surface area contributed by atoms with E-state index in [-0.39, 0.29) is 24.0 Å². The van der Waals surface area contributed by atoms with Crippen molar-refractivity contribution in [3.05, 3.63) is 65.2 Å². The molecular formula is C22H28IN5. The molecule has 2 aromatic carbocycles. The summed E-state index contributed by atoms with van der Waals surface area (Å²) in [4.78, 5) is 7.12. The number of hydrogen-bond donors (Lipinski definition) is 2. The average Bonchev–Trinajstić information content (AvgIpc) is 3.16. The molecule has 0 aliphatic carbocycles. The summed E-state index contributed by atoms with van der Waals surface area (Å²) in [7, 11) is 0. The topological polar surface area (TPSA) is 63.5 Å². The van der Waals surface area contributed by atoms with Crippen LogP contribution in [0.5, 0.6) is 0 Å². The van der Waals surface area contributed by atoms with Gasteiger partial charge >= 0.3 is 0 Å². The first kappa shape index (κ1) is 22.0. The van der Waals surface area contributed by atoms with Crippen LogP contribution in [0.15, 0.2) is 53.5 Å². The van der Waals surface area contributed by atoms with E-state index >= 15 is 0 Å². The molecule has 0 bridgehead atoms. The lowest BCUT2D eigenvalue weighted by molar-refractivity contribution is 0.649. The highest BCUT2D eigenvalue weighted by Crippen LogP contribution is 2.20. The van der Waals surface area contributed by atoms with Gasteiger partial charge in [0.15, 0.2) is 5.96 Å². The van der Waals surface area contributed by atoms with Gasteiger partial charge in [0.1, 0.15) is 0 Å². The molecule has 5 nitrogen and oxygen atoms in total.